The fourth-order valence-corrected chi connectivity index (χ4v) is 1.09. The highest BCUT2D eigenvalue weighted by Gasteiger charge is 2.24. The Kier molecular flexibility index (Phi) is 2.46. The maximum atomic E-state index is 11.0. The average molecular weight is 156 g/mol. The summed E-state index contributed by atoms with van der Waals surface area (Å²) in [5.74, 6) is -0.158. The van der Waals surface area contributed by atoms with E-state index in [1.165, 1.54) is 0 Å². The molecule has 0 spiro atoms. The zero-order chi connectivity index (χ0) is 8.27. The van der Waals surface area contributed by atoms with Crippen molar-refractivity contribution in [3.8, 4) is 0 Å². The van der Waals surface area contributed by atoms with Crippen molar-refractivity contribution in [2.24, 2.45) is 0 Å². The van der Waals surface area contributed by atoms with Gasteiger partial charge >= 0.3 is 0 Å². The van der Waals surface area contributed by atoms with Gasteiger partial charge in [0.15, 0.2) is 0 Å². The summed E-state index contributed by atoms with van der Waals surface area (Å²) in [4.78, 5) is 21.8. The third kappa shape index (κ3) is 1.93. The van der Waals surface area contributed by atoms with E-state index in [1.54, 1.807) is 0 Å². The van der Waals surface area contributed by atoms with E-state index in [2.05, 4.69) is 10.6 Å². The van der Waals surface area contributed by atoms with Crippen molar-refractivity contribution in [3.05, 3.63) is 0 Å². The molecule has 2 amide bonds. The molecule has 0 aromatic heterocycles. The highest BCUT2D eigenvalue weighted by atomic mass is 16.2. The van der Waals surface area contributed by atoms with Crippen molar-refractivity contribution in [2.45, 2.75) is 25.8 Å². The Morgan fingerprint density at radius 1 is 1.55 bits per heavy atom. The number of hydrogen-bond donors (Lipinski definition) is 2. The van der Waals surface area contributed by atoms with Crippen molar-refractivity contribution in [1.29, 1.82) is 0 Å². The number of carbonyl (C=O) groups is 2. The van der Waals surface area contributed by atoms with Gasteiger partial charge in [-0.05, 0) is 6.42 Å². The zero-order valence-electron chi connectivity index (χ0n) is 6.52. The molecule has 4 heteroatoms. The summed E-state index contributed by atoms with van der Waals surface area (Å²) in [5, 5.41) is 5.13. The number of nitrogens with one attached hydrogen (secondary N) is 2. The van der Waals surface area contributed by atoms with Crippen LogP contribution in [-0.4, -0.2) is 24.4 Å². The average Bonchev–Trinajstić information content (AvgIpc) is 1.98. The molecule has 0 aromatic rings. The summed E-state index contributed by atoms with van der Waals surface area (Å²) in [6.07, 6.45) is 1.62. The van der Waals surface area contributed by atoms with E-state index >= 15 is 0 Å². The molecule has 0 aliphatic carbocycles. The standard InChI is InChI=1S/C7H12N2O2/c1-2-3-5-7(11)8-4-6(10)9-5/h5H,2-4H2,1H3,(H,8,11)(H,9,10). The molecule has 4 nitrogen and oxygen atoms in total. The predicted octanol–water partition coefficient (Wildman–Crippen LogP) is -0.599. The quantitative estimate of drug-likeness (QED) is 0.561. The van der Waals surface area contributed by atoms with Gasteiger partial charge in [-0.25, -0.2) is 0 Å². The van der Waals surface area contributed by atoms with E-state index in [-0.39, 0.29) is 24.4 Å². The van der Waals surface area contributed by atoms with Crippen molar-refractivity contribution >= 4 is 11.8 Å². The van der Waals surface area contributed by atoms with Gasteiger partial charge in [0, 0.05) is 0 Å². The Morgan fingerprint density at radius 3 is 2.91 bits per heavy atom. The van der Waals surface area contributed by atoms with Crippen molar-refractivity contribution in [1.82, 2.24) is 10.6 Å². The lowest BCUT2D eigenvalue weighted by Gasteiger charge is -2.22. The summed E-state index contributed by atoms with van der Waals surface area (Å²) in [6.45, 7) is 2.10. The van der Waals surface area contributed by atoms with Gasteiger partial charge in [0.05, 0.1) is 6.54 Å². The molecule has 0 saturated carbocycles. The molecule has 1 saturated heterocycles. The second-order valence-corrected chi connectivity index (χ2v) is 2.63. The van der Waals surface area contributed by atoms with Crippen molar-refractivity contribution < 1.29 is 9.59 Å². The number of carbonyl (C=O) groups excluding carboxylic acids is 2. The first-order valence-electron chi connectivity index (χ1n) is 3.81. The normalized spacial score (nSPS) is 24.3. The molecule has 1 fully saturated rings. The largest absolute Gasteiger partial charge is 0.345 e. The Morgan fingerprint density at radius 2 is 2.27 bits per heavy atom. The first kappa shape index (κ1) is 8.04. The summed E-state index contributed by atoms with van der Waals surface area (Å²) in [7, 11) is 0. The molecule has 2 N–H and O–H groups in total. The molecule has 0 bridgehead atoms. The van der Waals surface area contributed by atoms with E-state index in [0.29, 0.717) is 0 Å². The van der Waals surface area contributed by atoms with Crippen LogP contribution in [0.2, 0.25) is 0 Å². The Bertz CT molecular complexity index is 179. The highest BCUT2D eigenvalue weighted by molar-refractivity contribution is 5.94. The fraction of sp³-hybridized carbons (Fsp3) is 0.714. The van der Waals surface area contributed by atoms with Crippen LogP contribution in [-0.2, 0) is 9.59 Å². The van der Waals surface area contributed by atoms with E-state index in [4.69, 9.17) is 0 Å². The lowest BCUT2D eigenvalue weighted by atomic mass is 10.1. The van der Waals surface area contributed by atoms with Crippen molar-refractivity contribution in [2.75, 3.05) is 6.54 Å². The van der Waals surface area contributed by atoms with E-state index in [0.717, 1.165) is 12.8 Å². The molecule has 1 aliphatic heterocycles. The minimum Gasteiger partial charge on any atom is -0.345 e. The van der Waals surface area contributed by atoms with E-state index < -0.39 is 0 Å². The van der Waals surface area contributed by atoms with E-state index in [1.807, 2.05) is 6.92 Å². The van der Waals surface area contributed by atoms with Crippen LogP contribution in [0.5, 0.6) is 0 Å². The molecule has 1 atom stereocenters. The Balaban J connectivity index is 2.47. The Hall–Kier alpha value is -1.06. The van der Waals surface area contributed by atoms with Crippen LogP contribution in [0.1, 0.15) is 19.8 Å². The van der Waals surface area contributed by atoms with Crippen LogP contribution in [0, 0.1) is 0 Å². The molecular weight excluding hydrogens is 144 g/mol. The van der Waals surface area contributed by atoms with Crippen molar-refractivity contribution in [3.63, 3.8) is 0 Å². The van der Waals surface area contributed by atoms with Gasteiger partial charge in [-0.2, -0.15) is 0 Å². The highest BCUT2D eigenvalue weighted by Crippen LogP contribution is 1.99. The maximum absolute atomic E-state index is 11.0. The second-order valence-electron chi connectivity index (χ2n) is 2.63. The lowest BCUT2D eigenvalue weighted by molar-refractivity contribution is -0.133. The predicted molar refractivity (Wildman–Crippen MR) is 39.8 cm³/mol. The SMILES string of the molecule is CCCC1NC(=O)CNC1=O. The third-order valence-corrected chi connectivity index (χ3v) is 1.65. The Labute approximate surface area is 65.3 Å². The summed E-state index contributed by atoms with van der Waals surface area (Å²) in [6, 6.07) is -0.304. The summed E-state index contributed by atoms with van der Waals surface area (Å²) in [5.41, 5.74) is 0. The smallest absolute Gasteiger partial charge is 0.243 e. The lowest BCUT2D eigenvalue weighted by Crippen LogP contribution is -2.55. The van der Waals surface area contributed by atoms with Crippen LogP contribution in [0.3, 0.4) is 0 Å². The second kappa shape index (κ2) is 3.37. The minimum absolute atomic E-state index is 0.0635. The molecule has 62 valence electrons. The van der Waals surface area contributed by atoms with Gasteiger partial charge in [0.25, 0.3) is 0 Å². The molecule has 1 aliphatic rings. The zero-order valence-corrected chi connectivity index (χ0v) is 6.52. The molecule has 0 aromatic carbocycles. The van der Waals surface area contributed by atoms with E-state index in [9.17, 15) is 9.59 Å². The number of hydrogen-bond acceptors (Lipinski definition) is 2. The number of amides is 2. The first-order valence-corrected chi connectivity index (χ1v) is 3.81. The van der Waals surface area contributed by atoms with Gasteiger partial charge in [-0.15, -0.1) is 0 Å². The summed E-state index contributed by atoms with van der Waals surface area (Å²) < 4.78 is 0. The maximum Gasteiger partial charge on any atom is 0.243 e. The monoisotopic (exact) mass is 156 g/mol. The molecular formula is C7H12N2O2. The summed E-state index contributed by atoms with van der Waals surface area (Å²) >= 11 is 0. The van der Waals surface area contributed by atoms with Gasteiger partial charge in [-0.3, -0.25) is 9.59 Å². The van der Waals surface area contributed by atoms with Crippen LogP contribution >= 0.6 is 0 Å². The van der Waals surface area contributed by atoms with Crippen LogP contribution in [0.15, 0.2) is 0 Å². The molecule has 0 radical (unpaired) electrons. The first-order chi connectivity index (χ1) is 5.24. The van der Waals surface area contributed by atoms with Gasteiger partial charge in [0.2, 0.25) is 11.8 Å². The third-order valence-electron chi connectivity index (χ3n) is 1.65. The number of piperazine rings is 1. The molecule has 1 heterocycles. The van der Waals surface area contributed by atoms with Gasteiger partial charge in [0.1, 0.15) is 6.04 Å². The van der Waals surface area contributed by atoms with Gasteiger partial charge < -0.3 is 10.6 Å². The molecule has 1 rings (SSSR count). The van der Waals surface area contributed by atoms with Crippen LogP contribution in [0.4, 0.5) is 0 Å². The molecule has 1 unspecified atom stereocenters. The van der Waals surface area contributed by atoms with Crippen LogP contribution < -0.4 is 10.6 Å². The molecule has 11 heavy (non-hydrogen) atoms. The van der Waals surface area contributed by atoms with Crippen LogP contribution in [0.25, 0.3) is 0 Å². The minimum atomic E-state index is -0.304. The topological polar surface area (TPSA) is 58.2 Å². The van der Waals surface area contributed by atoms with Gasteiger partial charge in [-0.1, -0.05) is 13.3 Å². The number of rotatable bonds is 2. The fourth-order valence-electron chi connectivity index (χ4n) is 1.09.